The number of fused-ring (bicyclic) bond motifs is 1. The predicted octanol–water partition coefficient (Wildman–Crippen LogP) is 3.17. The van der Waals surface area contributed by atoms with Gasteiger partial charge in [0.05, 0.1) is 17.7 Å². The fraction of sp³-hybridized carbons (Fsp3) is 0.167. The lowest BCUT2D eigenvalue weighted by atomic mass is 10.1. The van der Waals surface area contributed by atoms with Gasteiger partial charge in [0.2, 0.25) is 0 Å². The van der Waals surface area contributed by atoms with Crippen LogP contribution in [0, 0.1) is 0 Å². The molecule has 0 aliphatic heterocycles. The van der Waals surface area contributed by atoms with E-state index < -0.39 is 0 Å². The number of nitrogens with zero attached hydrogens (tertiary/aromatic N) is 1. The number of carbonyl (C=O) groups excluding carboxylic acids is 1. The van der Waals surface area contributed by atoms with Crippen LogP contribution in [-0.2, 0) is 4.74 Å². The largest absolute Gasteiger partial charge is 0.462 e. The molecular weight excluding hydrogens is 270 g/mol. The van der Waals surface area contributed by atoms with Gasteiger partial charge in [-0.1, -0.05) is 15.9 Å². The Balaban J connectivity index is 2.60. The zero-order valence-electron chi connectivity index (χ0n) is 8.74. The molecule has 0 N–H and O–H groups in total. The van der Waals surface area contributed by atoms with Gasteiger partial charge in [0.25, 0.3) is 0 Å². The molecule has 0 aliphatic rings. The molecule has 1 aromatic heterocycles. The van der Waals surface area contributed by atoms with Crippen molar-refractivity contribution in [3.8, 4) is 0 Å². The maximum Gasteiger partial charge on any atom is 0.338 e. The van der Waals surface area contributed by atoms with Crippen molar-refractivity contribution >= 4 is 32.8 Å². The van der Waals surface area contributed by atoms with E-state index >= 15 is 0 Å². The van der Waals surface area contributed by atoms with Crippen LogP contribution in [0.3, 0.4) is 0 Å². The fourth-order valence-electron chi connectivity index (χ4n) is 1.51. The van der Waals surface area contributed by atoms with Crippen LogP contribution in [0.15, 0.2) is 34.9 Å². The second-order valence-electron chi connectivity index (χ2n) is 3.24. The molecule has 0 aliphatic carbocycles. The van der Waals surface area contributed by atoms with E-state index in [4.69, 9.17) is 4.74 Å². The Morgan fingerprint density at radius 2 is 2.25 bits per heavy atom. The van der Waals surface area contributed by atoms with E-state index in [1.807, 2.05) is 18.2 Å². The first-order valence-corrected chi connectivity index (χ1v) is 5.73. The molecule has 1 aromatic carbocycles. The van der Waals surface area contributed by atoms with E-state index in [9.17, 15) is 4.79 Å². The van der Waals surface area contributed by atoms with Gasteiger partial charge < -0.3 is 4.74 Å². The van der Waals surface area contributed by atoms with Gasteiger partial charge in [0, 0.05) is 16.1 Å². The number of rotatable bonds is 2. The minimum atomic E-state index is -0.312. The summed E-state index contributed by atoms with van der Waals surface area (Å²) >= 11 is 3.37. The third-order valence-corrected chi connectivity index (χ3v) is 2.69. The topological polar surface area (TPSA) is 39.2 Å². The summed E-state index contributed by atoms with van der Waals surface area (Å²) in [6.45, 7) is 2.16. The summed E-state index contributed by atoms with van der Waals surface area (Å²) < 4.78 is 5.91. The fourth-order valence-corrected chi connectivity index (χ4v) is 1.87. The van der Waals surface area contributed by atoms with Gasteiger partial charge in [0.1, 0.15) is 0 Å². The zero-order valence-corrected chi connectivity index (χ0v) is 10.3. The van der Waals surface area contributed by atoms with Gasteiger partial charge in [-0.15, -0.1) is 0 Å². The van der Waals surface area contributed by atoms with Crippen molar-refractivity contribution < 1.29 is 9.53 Å². The Morgan fingerprint density at radius 1 is 1.44 bits per heavy atom. The molecule has 0 amide bonds. The third-order valence-electron chi connectivity index (χ3n) is 2.20. The minimum Gasteiger partial charge on any atom is -0.462 e. The van der Waals surface area contributed by atoms with Gasteiger partial charge in [-0.2, -0.15) is 0 Å². The molecule has 16 heavy (non-hydrogen) atoms. The van der Waals surface area contributed by atoms with E-state index in [1.165, 1.54) is 0 Å². The number of hydrogen-bond acceptors (Lipinski definition) is 3. The van der Waals surface area contributed by atoms with E-state index in [-0.39, 0.29) is 5.97 Å². The first kappa shape index (κ1) is 11.1. The molecule has 0 spiro atoms. The quantitative estimate of drug-likeness (QED) is 0.793. The maximum absolute atomic E-state index is 11.7. The number of hydrogen-bond donors (Lipinski definition) is 0. The highest BCUT2D eigenvalue weighted by Gasteiger charge is 2.11. The molecular formula is C12H10BrNO2. The smallest absolute Gasteiger partial charge is 0.338 e. The number of halogens is 1. The van der Waals surface area contributed by atoms with Gasteiger partial charge in [-0.3, -0.25) is 4.98 Å². The number of esters is 1. The molecule has 2 aromatic rings. The number of aromatic nitrogens is 1. The molecule has 3 nitrogen and oxygen atoms in total. The van der Waals surface area contributed by atoms with Crippen LogP contribution < -0.4 is 0 Å². The SMILES string of the molecule is CCOC(=O)c1ccnc2ccc(Br)cc12. The molecule has 1 heterocycles. The summed E-state index contributed by atoms with van der Waals surface area (Å²) in [6.07, 6.45) is 1.61. The lowest BCUT2D eigenvalue weighted by Crippen LogP contribution is -2.05. The van der Waals surface area contributed by atoms with E-state index in [2.05, 4.69) is 20.9 Å². The van der Waals surface area contributed by atoms with Crippen molar-refractivity contribution in [2.45, 2.75) is 6.92 Å². The Bertz CT molecular complexity index is 540. The van der Waals surface area contributed by atoms with Crippen LogP contribution >= 0.6 is 15.9 Å². The summed E-state index contributed by atoms with van der Waals surface area (Å²) in [5.74, 6) is -0.312. The maximum atomic E-state index is 11.7. The minimum absolute atomic E-state index is 0.312. The van der Waals surface area contributed by atoms with Gasteiger partial charge in [-0.25, -0.2) is 4.79 Å². The van der Waals surface area contributed by atoms with Crippen molar-refractivity contribution in [3.63, 3.8) is 0 Å². The van der Waals surface area contributed by atoms with Crippen molar-refractivity contribution in [1.29, 1.82) is 0 Å². The lowest BCUT2D eigenvalue weighted by molar-refractivity contribution is 0.0528. The number of pyridine rings is 1. The van der Waals surface area contributed by atoms with Crippen LogP contribution in [0.2, 0.25) is 0 Å². The Morgan fingerprint density at radius 3 is 3.00 bits per heavy atom. The molecule has 2 rings (SSSR count). The monoisotopic (exact) mass is 279 g/mol. The summed E-state index contributed by atoms with van der Waals surface area (Å²) in [5.41, 5.74) is 1.34. The second kappa shape index (κ2) is 4.61. The number of carbonyl (C=O) groups is 1. The predicted molar refractivity (Wildman–Crippen MR) is 65.4 cm³/mol. The second-order valence-corrected chi connectivity index (χ2v) is 4.16. The molecule has 4 heteroatoms. The van der Waals surface area contributed by atoms with Crippen molar-refractivity contribution in [2.75, 3.05) is 6.61 Å². The molecule has 0 bridgehead atoms. The molecule has 0 unspecified atom stereocenters. The molecule has 0 fully saturated rings. The van der Waals surface area contributed by atoms with Crippen LogP contribution in [-0.4, -0.2) is 17.6 Å². The normalized spacial score (nSPS) is 10.4. The molecule has 82 valence electrons. The third kappa shape index (κ3) is 2.07. The van der Waals surface area contributed by atoms with Gasteiger partial charge in [0.15, 0.2) is 0 Å². The first-order chi connectivity index (χ1) is 7.72. The van der Waals surface area contributed by atoms with Crippen LogP contribution in [0.1, 0.15) is 17.3 Å². The van der Waals surface area contributed by atoms with E-state index in [0.29, 0.717) is 12.2 Å². The summed E-state index contributed by atoms with van der Waals surface area (Å²) in [5, 5.41) is 0.801. The lowest BCUT2D eigenvalue weighted by Gasteiger charge is -2.05. The van der Waals surface area contributed by atoms with Crippen LogP contribution in [0.4, 0.5) is 0 Å². The summed E-state index contributed by atoms with van der Waals surface area (Å²) in [7, 11) is 0. The Kier molecular flexibility index (Phi) is 3.19. The van der Waals surface area contributed by atoms with Crippen molar-refractivity contribution in [1.82, 2.24) is 4.98 Å². The standard InChI is InChI=1S/C12H10BrNO2/c1-2-16-12(15)9-5-6-14-11-4-3-8(13)7-10(9)11/h3-7H,2H2,1H3. The van der Waals surface area contributed by atoms with Crippen molar-refractivity contribution in [3.05, 3.63) is 40.5 Å². The number of benzene rings is 1. The molecule has 0 saturated heterocycles. The molecule has 0 saturated carbocycles. The molecule has 0 radical (unpaired) electrons. The zero-order chi connectivity index (χ0) is 11.5. The summed E-state index contributed by atoms with van der Waals surface area (Å²) in [6, 6.07) is 7.30. The van der Waals surface area contributed by atoms with Crippen LogP contribution in [0.5, 0.6) is 0 Å². The number of ether oxygens (including phenoxy) is 1. The van der Waals surface area contributed by atoms with Crippen molar-refractivity contribution in [2.24, 2.45) is 0 Å². The van der Waals surface area contributed by atoms with E-state index in [1.54, 1.807) is 19.2 Å². The highest BCUT2D eigenvalue weighted by molar-refractivity contribution is 9.10. The van der Waals surface area contributed by atoms with Gasteiger partial charge >= 0.3 is 5.97 Å². The van der Waals surface area contributed by atoms with E-state index in [0.717, 1.165) is 15.4 Å². The average molecular weight is 280 g/mol. The molecule has 0 atom stereocenters. The highest BCUT2D eigenvalue weighted by Crippen LogP contribution is 2.22. The Labute approximate surface area is 102 Å². The summed E-state index contributed by atoms with van der Waals surface area (Å²) in [4.78, 5) is 15.9. The van der Waals surface area contributed by atoms with Crippen LogP contribution in [0.25, 0.3) is 10.9 Å². The first-order valence-electron chi connectivity index (χ1n) is 4.93. The van der Waals surface area contributed by atoms with Gasteiger partial charge in [-0.05, 0) is 31.2 Å². The highest BCUT2D eigenvalue weighted by atomic mass is 79.9. The Hall–Kier alpha value is -1.42. The average Bonchev–Trinajstić information content (AvgIpc) is 2.28.